The van der Waals surface area contributed by atoms with E-state index >= 15 is 0 Å². The van der Waals surface area contributed by atoms with Crippen molar-refractivity contribution in [3.8, 4) is 0 Å². The molecule has 0 saturated carbocycles. The van der Waals surface area contributed by atoms with Gasteiger partial charge in [-0.05, 0) is 30.9 Å². The minimum Gasteiger partial charge on any atom is -0.372 e. The molecule has 2 heteroatoms. The van der Waals surface area contributed by atoms with E-state index in [-0.39, 0.29) is 6.10 Å². The van der Waals surface area contributed by atoms with Crippen LogP contribution in [0.3, 0.4) is 0 Å². The monoisotopic (exact) mass is 207 g/mol. The zero-order valence-electron chi connectivity index (χ0n) is 9.94. The summed E-state index contributed by atoms with van der Waals surface area (Å²) in [7, 11) is 0. The highest BCUT2D eigenvalue weighted by atomic mass is 16.5. The highest BCUT2D eigenvalue weighted by Gasteiger charge is 2.14. The third-order valence-electron chi connectivity index (χ3n) is 2.23. The van der Waals surface area contributed by atoms with Gasteiger partial charge in [-0.25, -0.2) is 0 Å². The summed E-state index contributed by atoms with van der Waals surface area (Å²) in [5.41, 5.74) is 1.06. The predicted octanol–water partition coefficient (Wildman–Crippen LogP) is 3.60. The average molecular weight is 207 g/mol. The second kappa shape index (κ2) is 6.57. The van der Waals surface area contributed by atoms with E-state index < -0.39 is 0 Å². The molecule has 0 spiro atoms. The Morgan fingerprint density at radius 3 is 2.67 bits per heavy atom. The zero-order chi connectivity index (χ0) is 11.1. The van der Waals surface area contributed by atoms with E-state index in [9.17, 15) is 0 Å². The lowest BCUT2D eigenvalue weighted by Gasteiger charge is -2.18. The third kappa shape index (κ3) is 4.43. The van der Waals surface area contributed by atoms with E-state index in [1.54, 1.807) is 0 Å². The molecule has 0 amide bonds. The van der Waals surface area contributed by atoms with Crippen LogP contribution in [0.2, 0.25) is 0 Å². The molecule has 0 N–H and O–H groups in total. The third-order valence-corrected chi connectivity index (χ3v) is 2.23. The number of hydrogen-bond acceptors (Lipinski definition) is 2. The molecule has 84 valence electrons. The van der Waals surface area contributed by atoms with Crippen molar-refractivity contribution in [3.05, 3.63) is 30.1 Å². The van der Waals surface area contributed by atoms with Crippen molar-refractivity contribution in [2.24, 2.45) is 5.92 Å². The first-order valence-electron chi connectivity index (χ1n) is 5.76. The van der Waals surface area contributed by atoms with Crippen molar-refractivity contribution in [3.63, 3.8) is 0 Å². The smallest absolute Gasteiger partial charge is 0.0996 e. The van der Waals surface area contributed by atoms with Crippen molar-refractivity contribution < 1.29 is 4.74 Å². The van der Waals surface area contributed by atoms with Gasteiger partial charge in [-0.1, -0.05) is 26.8 Å². The summed E-state index contributed by atoms with van der Waals surface area (Å²) in [6, 6.07) is 6.00. The normalized spacial score (nSPS) is 13.1. The Morgan fingerprint density at radius 1 is 1.33 bits per heavy atom. The van der Waals surface area contributed by atoms with E-state index in [2.05, 4.69) is 25.8 Å². The number of hydrogen-bond donors (Lipinski definition) is 0. The quantitative estimate of drug-likeness (QED) is 0.711. The van der Waals surface area contributed by atoms with Crippen molar-refractivity contribution in [1.82, 2.24) is 4.98 Å². The SMILES string of the molecule is CCCOC(CC(C)C)c1ccccn1. The van der Waals surface area contributed by atoms with Gasteiger partial charge in [-0.3, -0.25) is 4.98 Å². The van der Waals surface area contributed by atoms with Crippen LogP contribution in [0.15, 0.2) is 24.4 Å². The summed E-state index contributed by atoms with van der Waals surface area (Å²) in [5.74, 6) is 0.633. The molecule has 1 aromatic rings. The van der Waals surface area contributed by atoms with Gasteiger partial charge in [-0.15, -0.1) is 0 Å². The Bertz CT molecular complexity index is 258. The average Bonchev–Trinajstić information content (AvgIpc) is 2.25. The van der Waals surface area contributed by atoms with Gasteiger partial charge in [0.2, 0.25) is 0 Å². The van der Waals surface area contributed by atoms with E-state index in [0.717, 1.165) is 25.1 Å². The van der Waals surface area contributed by atoms with Gasteiger partial charge in [-0.2, -0.15) is 0 Å². The minimum absolute atomic E-state index is 0.158. The van der Waals surface area contributed by atoms with Crippen LogP contribution in [-0.4, -0.2) is 11.6 Å². The van der Waals surface area contributed by atoms with Gasteiger partial charge < -0.3 is 4.74 Å². The molecule has 0 fully saturated rings. The van der Waals surface area contributed by atoms with Crippen LogP contribution in [-0.2, 0) is 4.74 Å². The van der Waals surface area contributed by atoms with E-state index in [0.29, 0.717) is 5.92 Å². The van der Waals surface area contributed by atoms with Gasteiger partial charge in [0.25, 0.3) is 0 Å². The summed E-state index contributed by atoms with van der Waals surface area (Å²) in [4.78, 5) is 4.36. The Hall–Kier alpha value is -0.890. The number of ether oxygens (including phenoxy) is 1. The first kappa shape index (κ1) is 12.2. The Balaban J connectivity index is 2.63. The summed E-state index contributed by atoms with van der Waals surface area (Å²) in [5, 5.41) is 0. The Morgan fingerprint density at radius 2 is 2.13 bits per heavy atom. The molecule has 2 nitrogen and oxygen atoms in total. The van der Waals surface area contributed by atoms with Crippen molar-refractivity contribution >= 4 is 0 Å². The number of aromatic nitrogens is 1. The van der Waals surface area contributed by atoms with E-state index in [1.165, 1.54) is 0 Å². The zero-order valence-corrected chi connectivity index (χ0v) is 9.94. The molecule has 0 saturated heterocycles. The lowest BCUT2D eigenvalue weighted by molar-refractivity contribution is 0.0357. The molecular weight excluding hydrogens is 186 g/mol. The lowest BCUT2D eigenvalue weighted by atomic mass is 10.0. The molecule has 1 atom stereocenters. The topological polar surface area (TPSA) is 22.1 Å². The van der Waals surface area contributed by atoms with Gasteiger partial charge in [0.1, 0.15) is 0 Å². The number of rotatable bonds is 6. The molecule has 1 aromatic heterocycles. The fraction of sp³-hybridized carbons (Fsp3) is 0.615. The standard InChI is InChI=1S/C13H21NO/c1-4-9-15-13(10-11(2)3)12-7-5-6-8-14-12/h5-8,11,13H,4,9-10H2,1-3H3. The van der Waals surface area contributed by atoms with Crippen LogP contribution >= 0.6 is 0 Å². The second-order valence-electron chi connectivity index (χ2n) is 4.24. The van der Waals surface area contributed by atoms with Crippen molar-refractivity contribution in [2.45, 2.75) is 39.7 Å². The second-order valence-corrected chi connectivity index (χ2v) is 4.24. The minimum atomic E-state index is 0.158. The molecule has 0 aliphatic rings. The first-order chi connectivity index (χ1) is 7.24. The van der Waals surface area contributed by atoms with Crippen LogP contribution in [0.1, 0.15) is 45.4 Å². The molecule has 0 bridgehead atoms. The van der Waals surface area contributed by atoms with Crippen LogP contribution in [0.4, 0.5) is 0 Å². The van der Waals surface area contributed by atoms with Gasteiger partial charge in [0.05, 0.1) is 11.8 Å². The molecule has 1 heterocycles. The van der Waals surface area contributed by atoms with E-state index in [4.69, 9.17) is 4.74 Å². The van der Waals surface area contributed by atoms with Crippen molar-refractivity contribution in [1.29, 1.82) is 0 Å². The molecule has 0 radical (unpaired) electrons. The number of nitrogens with zero attached hydrogens (tertiary/aromatic N) is 1. The van der Waals surface area contributed by atoms with Crippen LogP contribution < -0.4 is 0 Å². The maximum atomic E-state index is 5.83. The summed E-state index contributed by atoms with van der Waals surface area (Å²) in [6.07, 6.45) is 4.09. The first-order valence-corrected chi connectivity index (χ1v) is 5.76. The highest BCUT2D eigenvalue weighted by Crippen LogP contribution is 2.23. The summed E-state index contributed by atoms with van der Waals surface area (Å²) in [6.45, 7) is 7.37. The van der Waals surface area contributed by atoms with Crippen LogP contribution in [0, 0.1) is 5.92 Å². The van der Waals surface area contributed by atoms with Gasteiger partial charge in [0, 0.05) is 12.8 Å². The molecule has 1 rings (SSSR count). The number of pyridine rings is 1. The fourth-order valence-corrected chi connectivity index (χ4v) is 1.53. The fourth-order valence-electron chi connectivity index (χ4n) is 1.53. The molecule has 0 aliphatic carbocycles. The summed E-state index contributed by atoms with van der Waals surface area (Å²) >= 11 is 0. The molecule has 1 unspecified atom stereocenters. The largest absolute Gasteiger partial charge is 0.372 e. The summed E-state index contributed by atoms with van der Waals surface area (Å²) < 4.78 is 5.83. The molecule has 0 aliphatic heterocycles. The molecule has 15 heavy (non-hydrogen) atoms. The van der Waals surface area contributed by atoms with Crippen molar-refractivity contribution in [2.75, 3.05) is 6.61 Å². The van der Waals surface area contributed by atoms with Crippen LogP contribution in [0.25, 0.3) is 0 Å². The molecule has 0 aromatic carbocycles. The van der Waals surface area contributed by atoms with E-state index in [1.807, 2.05) is 24.4 Å². The van der Waals surface area contributed by atoms with Gasteiger partial charge >= 0.3 is 0 Å². The Kier molecular flexibility index (Phi) is 5.33. The predicted molar refractivity (Wildman–Crippen MR) is 62.7 cm³/mol. The maximum Gasteiger partial charge on any atom is 0.0996 e. The highest BCUT2D eigenvalue weighted by molar-refractivity contribution is 5.06. The maximum absolute atomic E-state index is 5.83. The lowest BCUT2D eigenvalue weighted by Crippen LogP contribution is -2.09. The Labute approximate surface area is 92.7 Å². The van der Waals surface area contributed by atoms with Gasteiger partial charge in [0.15, 0.2) is 0 Å². The molecular formula is C13H21NO. The van der Waals surface area contributed by atoms with Crippen LogP contribution in [0.5, 0.6) is 0 Å².